The highest BCUT2D eigenvalue weighted by Crippen LogP contribution is 2.50. The third-order valence-electron chi connectivity index (χ3n) is 26.6. The van der Waals surface area contributed by atoms with Crippen LogP contribution in [0.3, 0.4) is 0 Å². The van der Waals surface area contributed by atoms with E-state index in [-0.39, 0.29) is 106 Å². The molecule has 143 heavy (non-hydrogen) atoms. The van der Waals surface area contributed by atoms with E-state index in [1.165, 1.54) is 58.8 Å². The maximum Gasteiger partial charge on any atom is 0.658 e. The van der Waals surface area contributed by atoms with Crippen LogP contribution in [0.5, 0.6) is 23.0 Å². The number of esters is 2. The van der Waals surface area contributed by atoms with Crippen molar-refractivity contribution in [2.24, 2.45) is 0 Å². The molecule has 0 amide bonds. The molecule has 0 bridgehead atoms. The van der Waals surface area contributed by atoms with E-state index in [9.17, 15) is 9.59 Å². The van der Waals surface area contributed by atoms with Crippen LogP contribution in [0.2, 0.25) is 74.0 Å². The van der Waals surface area contributed by atoms with Crippen molar-refractivity contribution in [1.29, 1.82) is 0 Å². The van der Waals surface area contributed by atoms with E-state index in [1.54, 1.807) is 28.4 Å². The van der Waals surface area contributed by atoms with E-state index in [0.29, 0.717) is 23.2 Å². The average Bonchev–Trinajstić information content (AvgIpc) is 1.57. The van der Waals surface area contributed by atoms with Crippen molar-refractivity contribution in [2.45, 2.75) is 339 Å². The third kappa shape index (κ3) is 36.7. The molecule has 34 heteroatoms. The monoisotopic (exact) mass is 2140 g/mol. The molecule has 1 aliphatic carbocycles. The summed E-state index contributed by atoms with van der Waals surface area (Å²) in [6, 6.07) is 53.0. The fourth-order valence-electron chi connectivity index (χ4n) is 19.1. The summed E-state index contributed by atoms with van der Waals surface area (Å²) in [6.07, 6.45) is 8.82. The molecule has 10 rings (SSSR count). The fourth-order valence-corrected chi connectivity index (χ4v) is 36.4. The van der Waals surface area contributed by atoms with Gasteiger partial charge in [-0.2, -0.15) is 0 Å². The predicted octanol–water partition coefficient (Wildman–Crippen LogP) is 25.1. The van der Waals surface area contributed by atoms with Gasteiger partial charge in [0.05, 0.1) is 85.9 Å². The van der Waals surface area contributed by atoms with Crippen LogP contribution in [-0.2, 0) is 112 Å². The van der Waals surface area contributed by atoms with Gasteiger partial charge in [0.2, 0.25) is 8.32 Å². The minimum atomic E-state index is -3.70. The summed E-state index contributed by atoms with van der Waals surface area (Å²) in [5.41, 5.74) is 5.41. The molecule has 6 aromatic rings. The summed E-state index contributed by atoms with van der Waals surface area (Å²) in [5.74, 6) is 2.28. The van der Waals surface area contributed by atoms with Crippen molar-refractivity contribution in [3.05, 3.63) is 191 Å². The lowest BCUT2D eigenvalue weighted by molar-refractivity contribution is -0.315. The molecule has 12 atom stereocenters. The van der Waals surface area contributed by atoms with Gasteiger partial charge >= 0.3 is 21.0 Å². The van der Waals surface area contributed by atoms with Gasteiger partial charge in [0.15, 0.2) is 25.0 Å². The molecule has 0 aromatic heterocycles. The molecule has 0 unspecified atom stereocenters. The Kier molecular flexibility index (Phi) is 50.6. The number of benzene rings is 6. The van der Waals surface area contributed by atoms with Gasteiger partial charge in [-0.3, -0.25) is 9.59 Å². The van der Waals surface area contributed by atoms with E-state index in [4.69, 9.17) is 111 Å². The smallest absolute Gasteiger partial charge is 0.497 e. The van der Waals surface area contributed by atoms with E-state index in [2.05, 4.69) is 228 Å². The number of ether oxygens (including phenoxy) is 15. The summed E-state index contributed by atoms with van der Waals surface area (Å²) in [5, 5.41) is 0.0697. The first-order valence-corrected chi connectivity index (χ1v) is 71.3. The summed E-state index contributed by atoms with van der Waals surface area (Å²) >= 11 is 0. The van der Waals surface area contributed by atoms with Gasteiger partial charge in [-0.1, -0.05) is 229 Å². The molecule has 0 radical (unpaired) electrons. The zero-order valence-electron chi connectivity index (χ0n) is 92.2. The highest BCUT2D eigenvalue weighted by molar-refractivity contribution is 7.51. The molecule has 3 aliphatic heterocycles. The summed E-state index contributed by atoms with van der Waals surface area (Å²) in [4.78, 5) is 22.6. The molecule has 3 saturated heterocycles. The SMILES string of the molecule is CC(=O)OCCOC(OCCOC(C)=O)O[C@@H]1[C@H](OP(C)C)[C@@H](CO[Si](OC2CCCCCCCCCCC2)(O[Si](C)(C)C)O[Si](C)(C)C)O[C@H]1C.COc1ccc(C(OC[C@H]2O[C@@H](C)[C@H](OCO[Si](C(C)C)(C(C)C)C(C)C)[C@@H]2OP(C)C)(c2ccccc2)c2ccc(OC)cc2)cc1.COc1ccc(C(OC[C@H]2O[C@@H](C)[C@H](O[Si](C)(C)C(C)(C)C)[C@@H]2OP(C)C)(c2ccccc2)c2ccc(OC)cc2)cc1. The van der Waals surface area contributed by atoms with Gasteiger partial charge in [0, 0.05) is 38.3 Å². The minimum Gasteiger partial charge on any atom is -0.497 e. The zero-order valence-corrected chi connectivity index (χ0v) is 99.9. The highest BCUT2D eigenvalue weighted by Gasteiger charge is 2.58. The van der Waals surface area contributed by atoms with Crippen LogP contribution >= 0.6 is 24.4 Å². The van der Waals surface area contributed by atoms with Gasteiger partial charge in [0.1, 0.15) is 109 Å². The Morgan fingerprint density at radius 3 is 1.03 bits per heavy atom. The first kappa shape index (κ1) is 123. The second kappa shape index (κ2) is 58.7. The third-order valence-corrected chi connectivity index (χ3v) is 47.2. The van der Waals surface area contributed by atoms with Crippen LogP contribution in [-0.4, -0.2) is 262 Å². The molecular weight excluding hydrogens is 1960 g/mol. The predicted molar refractivity (Wildman–Crippen MR) is 584 cm³/mol. The lowest BCUT2D eigenvalue weighted by atomic mass is 9.80. The van der Waals surface area contributed by atoms with E-state index in [0.717, 1.165) is 82.1 Å². The second-order valence-electron chi connectivity index (χ2n) is 42.5. The van der Waals surface area contributed by atoms with E-state index < -0.39 is 121 Å². The molecule has 0 spiro atoms. The standard InChI is InChI=1S/C39H57O7PSi.C35H71O13PSi3.C35H49O6PSi/c1-27(2)48(28(3)4,29(5)6)44-26-42-37-30(7)45-36(38(37)46-47(10)11)25-43-39(31-15-13-12-14-16-31,32-17-21-34(40-8)22-18-32)33-19-23-35(41-9)24-20-33;1-28-33(44-35(40-25-23-38-29(2)36)41-26-24-39-30(3)37)34(45-49(4)5)32(43-28)27-42-52(47-50(6,7)8,48-51(9,10)11)46-31-21-19-17-15-13-12-14-16-18-20-22-31;1-25-32(41-43(9,10)34(2,3)4)33(40-42(7)8)31(39-25)24-38-35(26-14-12-11-13-15-26,27-16-20-29(36-5)21-17-27)28-18-22-30(37-6)23-19-28/h12-24,27-30,36-38H,25-26H2,1-11H3;28,31-35H,12-27H2,1-11H3;11-23,25,31-33H,24H2,1-10H3/t30-,36+,37-,38+;28-,32+,33-,34+;25-,31+,32-,33+/m000/s1. The number of rotatable bonds is 50. The van der Waals surface area contributed by atoms with Gasteiger partial charge in [-0.05, 0) is 230 Å². The van der Waals surface area contributed by atoms with Gasteiger partial charge in [-0.25, -0.2) is 0 Å². The first-order chi connectivity index (χ1) is 67.6. The number of methoxy groups -OCH3 is 4. The minimum absolute atomic E-state index is 0.0153. The second-order valence-corrected chi connectivity index (χ2v) is 69.9. The Bertz CT molecular complexity index is 4430. The van der Waals surface area contributed by atoms with Crippen LogP contribution in [0.15, 0.2) is 158 Å². The molecule has 6 aromatic carbocycles. The fraction of sp³-hybridized carbons (Fsp3) is 0.651. The zero-order chi connectivity index (χ0) is 105. The molecule has 1 saturated carbocycles. The van der Waals surface area contributed by atoms with Crippen molar-refractivity contribution >= 4 is 78.7 Å². The van der Waals surface area contributed by atoms with Gasteiger partial charge in [-0.15, -0.1) is 0 Å². The van der Waals surface area contributed by atoms with Crippen LogP contribution in [0.25, 0.3) is 0 Å². The van der Waals surface area contributed by atoms with Gasteiger partial charge in [0.25, 0.3) is 6.48 Å². The lowest BCUT2D eigenvalue weighted by Crippen LogP contribution is -2.61. The molecule has 26 nitrogen and oxygen atoms in total. The Hall–Kier alpha value is -4.89. The Balaban J connectivity index is 0.000000263. The van der Waals surface area contributed by atoms with E-state index >= 15 is 0 Å². The molecule has 4 fully saturated rings. The Morgan fingerprint density at radius 1 is 0.392 bits per heavy atom. The molecule has 3 heterocycles. The summed E-state index contributed by atoms with van der Waals surface area (Å²) in [7, 11) is -7.86. The highest BCUT2D eigenvalue weighted by atomic mass is 31.1. The van der Waals surface area contributed by atoms with Crippen LogP contribution in [0.4, 0.5) is 0 Å². The van der Waals surface area contributed by atoms with Crippen molar-refractivity contribution in [2.75, 3.05) is 121 Å². The largest absolute Gasteiger partial charge is 0.658 e. The van der Waals surface area contributed by atoms with Crippen molar-refractivity contribution in [3.8, 4) is 23.0 Å². The van der Waals surface area contributed by atoms with Crippen molar-refractivity contribution < 1.29 is 120 Å². The van der Waals surface area contributed by atoms with Crippen LogP contribution < -0.4 is 18.9 Å². The lowest BCUT2D eigenvalue weighted by Gasteiger charge is -2.42. The Labute approximate surface area is 867 Å². The van der Waals surface area contributed by atoms with Crippen LogP contribution in [0, 0.1) is 0 Å². The number of hydrogen-bond acceptors (Lipinski definition) is 26. The van der Waals surface area contributed by atoms with E-state index in [1.807, 2.05) is 105 Å². The van der Waals surface area contributed by atoms with Crippen LogP contribution in [0.1, 0.15) is 201 Å². The summed E-state index contributed by atoms with van der Waals surface area (Å²) < 4.78 is 152. The average molecular weight is 2140 g/mol. The molecule has 0 N–H and O–H groups in total. The number of hydrogen-bond donors (Lipinski definition) is 0. The number of carbonyl (C=O) groups is 2. The maximum atomic E-state index is 11.3. The number of carbonyl (C=O) groups excluding carboxylic acids is 2. The quantitative estimate of drug-likeness (QED) is 0.00858. The first-order valence-electron chi connectivity index (χ1n) is 51.4. The normalized spacial score (nSPS) is 21.7. The van der Waals surface area contributed by atoms with Crippen molar-refractivity contribution in [3.63, 3.8) is 0 Å². The molecule has 804 valence electrons. The Morgan fingerprint density at radius 2 is 0.706 bits per heavy atom. The topological polar surface area (TPSA) is 256 Å². The van der Waals surface area contributed by atoms with Gasteiger partial charge < -0.3 is 111 Å². The molecular formula is C109H177O26P3Si5. The summed E-state index contributed by atoms with van der Waals surface area (Å²) in [6.45, 7) is 59.1. The molecule has 4 aliphatic rings. The maximum absolute atomic E-state index is 11.3. The van der Waals surface area contributed by atoms with Crippen molar-refractivity contribution in [1.82, 2.24) is 0 Å².